The zero-order valence-corrected chi connectivity index (χ0v) is 16.8. The SMILES string of the molecule is NCCC1CCN(c2cccc(C3NNC4CNC(c5cccnc5)CC43)n2)C1. The van der Waals surface area contributed by atoms with E-state index in [1.807, 2.05) is 18.5 Å². The number of anilines is 1. The topological polar surface area (TPSA) is 91.1 Å². The van der Waals surface area contributed by atoms with Crippen molar-refractivity contribution < 1.29 is 0 Å². The van der Waals surface area contributed by atoms with Crippen molar-refractivity contribution in [3.63, 3.8) is 0 Å². The van der Waals surface area contributed by atoms with Gasteiger partial charge in [-0.15, -0.1) is 0 Å². The van der Waals surface area contributed by atoms with Gasteiger partial charge in [0.25, 0.3) is 0 Å². The lowest BCUT2D eigenvalue weighted by atomic mass is 9.81. The maximum Gasteiger partial charge on any atom is 0.128 e. The number of pyridine rings is 2. The molecule has 3 aliphatic rings. The van der Waals surface area contributed by atoms with E-state index in [2.05, 4.69) is 50.3 Å². The van der Waals surface area contributed by atoms with Gasteiger partial charge in [-0.3, -0.25) is 10.4 Å². The molecule has 0 aliphatic carbocycles. The van der Waals surface area contributed by atoms with Crippen LogP contribution >= 0.6 is 0 Å². The van der Waals surface area contributed by atoms with Crippen LogP contribution in [0.25, 0.3) is 0 Å². The Morgan fingerprint density at radius 1 is 1.17 bits per heavy atom. The van der Waals surface area contributed by atoms with Crippen molar-refractivity contribution >= 4 is 5.82 Å². The zero-order chi connectivity index (χ0) is 19.6. The first kappa shape index (κ1) is 18.9. The monoisotopic (exact) mass is 393 g/mol. The molecule has 0 spiro atoms. The van der Waals surface area contributed by atoms with Crippen LogP contribution in [0.2, 0.25) is 0 Å². The second kappa shape index (κ2) is 8.36. The number of aromatic nitrogens is 2. The molecule has 3 saturated heterocycles. The molecule has 2 aromatic rings. The minimum Gasteiger partial charge on any atom is -0.356 e. The van der Waals surface area contributed by atoms with Crippen molar-refractivity contribution in [2.75, 3.05) is 31.1 Å². The summed E-state index contributed by atoms with van der Waals surface area (Å²) in [5, 5.41) is 3.67. The number of nitrogens with two attached hydrogens (primary N) is 1. The summed E-state index contributed by atoms with van der Waals surface area (Å²) in [5.41, 5.74) is 15.2. The molecule has 2 aromatic heterocycles. The second-order valence-electron chi connectivity index (χ2n) is 8.62. The smallest absolute Gasteiger partial charge is 0.128 e. The van der Waals surface area contributed by atoms with Crippen molar-refractivity contribution in [1.29, 1.82) is 0 Å². The maximum atomic E-state index is 5.76. The van der Waals surface area contributed by atoms with Crippen molar-refractivity contribution in [1.82, 2.24) is 26.1 Å². The van der Waals surface area contributed by atoms with Gasteiger partial charge in [0.1, 0.15) is 5.82 Å². The molecule has 3 fully saturated rings. The first-order chi connectivity index (χ1) is 14.3. The molecule has 0 radical (unpaired) electrons. The van der Waals surface area contributed by atoms with Crippen LogP contribution in [0, 0.1) is 11.8 Å². The van der Waals surface area contributed by atoms with E-state index in [9.17, 15) is 0 Å². The molecular formula is C22H31N7. The Kier molecular flexibility index (Phi) is 5.46. The summed E-state index contributed by atoms with van der Waals surface area (Å²) in [5.74, 6) is 2.29. The van der Waals surface area contributed by atoms with Crippen LogP contribution in [0.3, 0.4) is 0 Å². The first-order valence-corrected chi connectivity index (χ1v) is 10.9. The Morgan fingerprint density at radius 2 is 2.14 bits per heavy atom. The fourth-order valence-electron chi connectivity index (χ4n) is 5.20. The van der Waals surface area contributed by atoms with Crippen LogP contribution in [-0.4, -0.2) is 42.2 Å². The summed E-state index contributed by atoms with van der Waals surface area (Å²) in [6.07, 6.45) is 7.21. The van der Waals surface area contributed by atoms with Crippen LogP contribution < -0.4 is 26.8 Å². The Hall–Kier alpha value is -2.06. The lowest BCUT2D eigenvalue weighted by Crippen LogP contribution is -2.46. The van der Waals surface area contributed by atoms with E-state index in [0.29, 0.717) is 23.9 Å². The molecule has 0 bridgehead atoms. The summed E-state index contributed by atoms with van der Waals surface area (Å²) in [7, 11) is 0. The van der Waals surface area contributed by atoms with Crippen LogP contribution in [0.1, 0.15) is 42.6 Å². The largest absolute Gasteiger partial charge is 0.356 e. The lowest BCUT2D eigenvalue weighted by molar-refractivity contribution is 0.265. The maximum absolute atomic E-state index is 5.76. The number of piperidine rings is 1. The highest BCUT2D eigenvalue weighted by Gasteiger charge is 2.42. The van der Waals surface area contributed by atoms with Gasteiger partial charge in [0, 0.05) is 50.0 Å². The summed E-state index contributed by atoms with van der Waals surface area (Å²) in [6.45, 7) is 3.87. The number of hydrogen-bond donors (Lipinski definition) is 4. The normalized spacial score (nSPS) is 31.8. The number of fused-ring (bicyclic) bond motifs is 1. The zero-order valence-electron chi connectivity index (χ0n) is 16.8. The molecule has 7 heteroatoms. The number of rotatable bonds is 5. The third-order valence-electron chi connectivity index (χ3n) is 6.81. The first-order valence-electron chi connectivity index (χ1n) is 10.9. The Labute approximate surface area is 172 Å². The molecule has 5 atom stereocenters. The summed E-state index contributed by atoms with van der Waals surface area (Å²) in [4.78, 5) is 11.8. The minimum absolute atomic E-state index is 0.226. The summed E-state index contributed by atoms with van der Waals surface area (Å²) < 4.78 is 0. The van der Waals surface area contributed by atoms with Gasteiger partial charge >= 0.3 is 0 Å². The number of nitrogens with one attached hydrogen (secondary N) is 3. The van der Waals surface area contributed by atoms with Gasteiger partial charge in [-0.05, 0) is 55.5 Å². The van der Waals surface area contributed by atoms with Crippen LogP contribution in [0.15, 0.2) is 42.7 Å². The number of nitrogens with zero attached hydrogens (tertiary/aromatic N) is 3. The van der Waals surface area contributed by atoms with E-state index in [-0.39, 0.29) is 6.04 Å². The Bertz CT molecular complexity index is 814. The number of hydrazine groups is 1. The average molecular weight is 394 g/mol. The lowest BCUT2D eigenvalue weighted by Gasteiger charge is -2.34. The van der Waals surface area contributed by atoms with Gasteiger partial charge in [0.05, 0.1) is 11.7 Å². The third-order valence-corrected chi connectivity index (χ3v) is 6.81. The molecule has 0 saturated carbocycles. The van der Waals surface area contributed by atoms with Gasteiger partial charge in [-0.1, -0.05) is 12.1 Å². The van der Waals surface area contributed by atoms with E-state index in [1.54, 1.807) is 0 Å². The minimum atomic E-state index is 0.226. The molecule has 0 aromatic carbocycles. The average Bonchev–Trinajstić information content (AvgIpc) is 3.41. The second-order valence-corrected chi connectivity index (χ2v) is 8.62. The highest BCUT2D eigenvalue weighted by atomic mass is 15.4. The molecule has 5 heterocycles. The molecule has 154 valence electrons. The van der Waals surface area contributed by atoms with Crippen LogP contribution in [0.4, 0.5) is 5.82 Å². The van der Waals surface area contributed by atoms with Gasteiger partial charge in [-0.25, -0.2) is 10.4 Å². The van der Waals surface area contributed by atoms with Crippen LogP contribution in [-0.2, 0) is 0 Å². The Morgan fingerprint density at radius 3 is 3.00 bits per heavy atom. The van der Waals surface area contributed by atoms with E-state index in [0.717, 1.165) is 50.5 Å². The van der Waals surface area contributed by atoms with Gasteiger partial charge in [0.15, 0.2) is 0 Å². The number of hydrogen-bond acceptors (Lipinski definition) is 7. The van der Waals surface area contributed by atoms with Gasteiger partial charge in [-0.2, -0.15) is 0 Å². The molecule has 5 unspecified atom stereocenters. The van der Waals surface area contributed by atoms with Gasteiger partial charge in [0.2, 0.25) is 0 Å². The molecule has 3 aliphatic heterocycles. The fraction of sp³-hybridized carbons (Fsp3) is 0.545. The standard InChI is InChI=1S/C22H31N7/c23-8-6-15-7-10-29(14-15)21-5-1-4-18(26-21)22-17-11-19(16-3-2-9-24-12-16)25-13-20(17)27-28-22/h1-5,9,12,15,17,19-20,22,25,27-28H,6-8,10-11,13-14,23H2. The third kappa shape index (κ3) is 3.88. The van der Waals surface area contributed by atoms with E-state index >= 15 is 0 Å². The molecular weight excluding hydrogens is 362 g/mol. The van der Waals surface area contributed by atoms with Crippen molar-refractivity contribution in [3.8, 4) is 0 Å². The predicted molar refractivity (Wildman–Crippen MR) is 114 cm³/mol. The fourth-order valence-corrected chi connectivity index (χ4v) is 5.20. The van der Waals surface area contributed by atoms with Crippen molar-refractivity contribution in [3.05, 3.63) is 54.0 Å². The quantitative estimate of drug-likeness (QED) is 0.612. The molecule has 5 N–H and O–H groups in total. The summed E-state index contributed by atoms with van der Waals surface area (Å²) in [6, 6.07) is 11.6. The predicted octanol–water partition coefficient (Wildman–Crippen LogP) is 1.52. The van der Waals surface area contributed by atoms with Crippen LogP contribution in [0.5, 0.6) is 0 Å². The molecule has 29 heavy (non-hydrogen) atoms. The Balaban J connectivity index is 1.32. The van der Waals surface area contributed by atoms with E-state index in [1.165, 1.54) is 12.0 Å². The van der Waals surface area contributed by atoms with E-state index < -0.39 is 0 Å². The molecule has 5 rings (SSSR count). The van der Waals surface area contributed by atoms with Crippen molar-refractivity contribution in [2.45, 2.75) is 37.4 Å². The van der Waals surface area contributed by atoms with E-state index in [4.69, 9.17) is 10.7 Å². The summed E-state index contributed by atoms with van der Waals surface area (Å²) >= 11 is 0. The van der Waals surface area contributed by atoms with Gasteiger partial charge < -0.3 is 16.0 Å². The van der Waals surface area contributed by atoms with Crippen molar-refractivity contribution in [2.24, 2.45) is 17.6 Å². The molecule has 0 amide bonds. The highest BCUT2D eigenvalue weighted by molar-refractivity contribution is 5.41. The highest BCUT2D eigenvalue weighted by Crippen LogP contribution is 2.38. The molecule has 7 nitrogen and oxygen atoms in total.